The van der Waals surface area contributed by atoms with E-state index in [0.717, 1.165) is 16.1 Å². The van der Waals surface area contributed by atoms with E-state index in [1.54, 1.807) is 0 Å². The molecule has 1 saturated heterocycles. The highest BCUT2D eigenvalue weighted by Gasteiger charge is 2.36. The molecule has 1 aliphatic rings. The molecule has 0 aromatic heterocycles. The minimum Gasteiger partial charge on any atom is -0.382 e. The number of hydrogen-bond acceptors (Lipinski definition) is 2. The third-order valence-corrected chi connectivity index (χ3v) is 2.95. The van der Waals surface area contributed by atoms with Crippen LogP contribution in [0.4, 0.5) is 0 Å². The number of halogens is 1. The number of hydrogen-bond donors (Lipinski definition) is 2. The fraction of sp³-hybridized carbons (Fsp3) is 0.400. The van der Waals surface area contributed by atoms with E-state index >= 15 is 0 Å². The van der Waals surface area contributed by atoms with Crippen molar-refractivity contribution in [3.63, 3.8) is 0 Å². The zero-order valence-corrected chi connectivity index (χ0v) is 8.23. The van der Waals surface area contributed by atoms with Gasteiger partial charge in [-0.05, 0) is 24.1 Å². The van der Waals surface area contributed by atoms with E-state index in [4.69, 9.17) is 11.6 Å². The summed E-state index contributed by atoms with van der Waals surface area (Å²) in [5.41, 5.74) is 1.25. The lowest BCUT2D eigenvalue weighted by atomic mass is 9.88. The normalized spacial score (nSPS) is 19.6. The Labute approximate surface area is 82.5 Å². The first-order valence-electron chi connectivity index (χ1n) is 4.31. The van der Waals surface area contributed by atoms with Gasteiger partial charge in [-0.1, -0.05) is 23.7 Å². The van der Waals surface area contributed by atoms with E-state index in [1.807, 2.05) is 25.1 Å². The van der Waals surface area contributed by atoms with Crippen LogP contribution in [0.5, 0.6) is 0 Å². The average Bonchev–Trinajstić information content (AvgIpc) is 2.06. The summed E-state index contributed by atoms with van der Waals surface area (Å²) in [4.78, 5) is 0. The average molecular weight is 198 g/mol. The fourth-order valence-electron chi connectivity index (χ4n) is 1.45. The lowest BCUT2D eigenvalue weighted by molar-refractivity contribution is -0.0146. The number of benzene rings is 1. The molecule has 2 rings (SSSR count). The molecule has 0 amide bonds. The standard InChI is InChI=1S/C10H12ClNO/c1-7-2-3-8(4-9(7)11)10(13)5-12-6-10/h2-4,12-13H,5-6H2,1H3. The lowest BCUT2D eigenvalue weighted by Crippen LogP contribution is -2.56. The molecule has 1 aromatic carbocycles. The van der Waals surface area contributed by atoms with E-state index in [1.165, 1.54) is 0 Å². The van der Waals surface area contributed by atoms with Gasteiger partial charge < -0.3 is 10.4 Å². The van der Waals surface area contributed by atoms with Gasteiger partial charge in [-0.15, -0.1) is 0 Å². The molecule has 1 aromatic rings. The zero-order chi connectivity index (χ0) is 9.47. The quantitative estimate of drug-likeness (QED) is 0.714. The van der Waals surface area contributed by atoms with Crippen molar-refractivity contribution in [3.05, 3.63) is 34.3 Å². The summed E-state index contributed by atoms with van der Waals surface area (Å²) in [5.74, 6) is 0. The second kappa shape index (κ2) is 2.98. The predicted octanol–water partition coefficient (Wildman–Crippen LogP) is 1.44. The number of rotatable bonds is 1. The first-order valence-corrected chi connectivity index (χ1v) is 4.69. The summed E-state index contributed by atoms with van der Waals surface area (Å²) in [5, 5.41) is 13.7. The molecule has 2 N–H and O–H groups in total. The minimum absolute atomic E-state index is 0.617. The first kappa shape index (κ1) is 9.00. The molecule has 2 nitrogen and oxygen atoms in total. The molecule has 0 bridgehead atoms. The van der Waals surface area contributed by atoms with E-state index in [-0.39, 0.29) is 0 Å². The summed E-state index contributed by atoms with van der Waals surface area (Å²) in [7, 11) is 0. The molecule has 3 heteroatoms. The molecular weight excluding hydrogens is 186 g/mol. The highest BCUT2D eigenvalue weighted by Crippen LogP contribution is 2.28. The smallest absolute Gasteiger partial charge is 0.114 e. The summed E-state index contributed by atoms with van der Waals surface area (Å²) in [6.45, 7) is 3.19. The second-order valence-corrected chi connectivity index (χ2v) is 4.01. The molecule has 1 fully saturated rings. The Morgan fingerprint density at radius 1 is 1.46 bits per heavy atom. The van der Waals surface area contributed by atoms with Crippen LogP contribution in [-0.4, -0.2) is 18.2 Å². The van der Waals surface area contributed by atoms with E-state index < -0.39 is 5.60 Å². The number of β-amino-alcohol motifs (C(OH)–C–C–N with tert-alkyl or cyclic N) is 1. The maximum absolute atomic E-state index is 9.98. The van der Waals surface area contributed by atoms with Crippen molar-refractivity contribution in [3.8, 4) is 0 Å². The van der Waals surface area contributed by atoms with E-state index in [9.17, 15) is 5.11 Å². The van der Waals surface area contributed by atoms with Gasteiger partial charge in [0.2, 0.25) is 0 Å². The molecule has 70 valence electrons. The number of nitrogens with one attached hydrogen (secondary N) is 1. The lowest BCUT2D eigenvalue weighted by Gasteiger charge is -2.38. The van der Waals surface area contributed by atoms with E-state index in [0.29, 0.717) is 13.1 Å². The van der Waals surface area contributed by atoms with Gasteiger partial charge in [-0.2, -0.15) is 0 Å². The van der Waals surface area contributed by atoms with Crippen LogP contribution >= 0.6 is 11.6 Å². The number of aliphatic hydroxyl groups is 1. The Balaban J connectivity index is 2.36. The molecule has 1 aliphatic heterocycles. The van der Waals surface area contributed by atoms with Crippen molar-refractivity contribution in [1.82, 2.24) is 5.32 Å². The summed E-state index contributed by atoms with van der Waals surface area (Å²) in [6.07, 6.45) is 0. The van der Waals surface area contributed by atoms with Crippen LogP contribution < -0.4 is 5.32 Å². The van der Waals surface area contributed by atoms with Crippen molar-refractivity contribution < 1.29 is 5.11 Å². The first-order chi connectivity index (χ1) is 6.12. The summed E-state index contributed by atoms with van der Waals surface area (Å²) in [6, 6.07) is 5.72. The van der Waals surface area contributed by atoms with Gasteiger partial charge in [0.05, 0.1) is 0 Å². The van der Waals surface area contributed by atoms with Crippen LogP contribution in [0.1, 0.15) is 11.1 Å². The highest BCUT2D eigenvalue weighted by atomic mass is 35.5. The van der Waals surface area contributed by atoms with Crippen LogP contribution in [0.3, 0.4) is 0 Å². The Bertz CT molecular complexity index is 334. The van der Waals surface area contributed by atoms with Crippen molar-refractivity contribution >= 4 is 11.6 Å². The largest absolute Gasteiger partial charge is 0.382 e. The van der Waals surface area contributed by atoms with Crippen LogP contribution in [0, 0.1) is 6.92 Å². The molecule has 0 atom stereocenters. The van der Waals surface area contributed by atoms with Crippen molar-refractivity contribution in [2.75, 3.05) is 13.1 Å². The summed E-state index contributed by atoms with van der Waals surface area (Å²) < 4.78 is 0. The van der Waals surface area contributed by atoms with Crippen molar-refractivity contribution in [2.24, 2.45) is 0 Å². The van der Waals surface area contributed by atoms with Gasteiger partial charge in [-0.3, -0.25) is 0 Å². The van der Waals surface area contributed by atoms with Crippen molar-refractivity contribution in [1.29, 1.82) is 0 Å². The van der Waals surface area contributed by atoms with Gasteiger partial charge in [0, 0.05) is 18.1 Å². The van der Waals surface area contributed by atoms with Gasteiger partial charge in [0.15, 0.2) is 0 Å². The maximum atomic E-state index is 9.98. The van der Waals surface area contributed by atoms with Gasteiger partial charge in [-0.25, -0.2) is 0 Å². The second-order valence-electron chi connectivity index (χ2n) is 3.60. The van der Waals surface area contributed by atoms with Crippen molar-refractivity contribution in [2.45, 2.75) is 12.5 Å². The molecule has 0 saturated carbocycles. The molecule has 0 spiro atoms. The van der Waals surface area contributed by atoms with Crippen LogP contribution in [0.2, 0.25) is 5.02 Å². The minimum atomic E-state index is -0.697. The zero-order valence-electron chi connectivity index (χ0n) is 7.47. The van der Waals surface area contributed by atoms with E-state index in [2.05, 4.69) is 5.32 Å². The van der Waals surface area contributed by atoms with Crippen LogP contribution in [-0.2, 0) is 5.60 Å². The summed E-state index contributed by atoms with van der Waals surface area (Å²) >= 11 is 5.97. The monoisotopic (exact) mass is 197 g/mol. The molecule has 0 radical (unpaired) electrons. The Hall–Kier alpha value is -0.570. The third-order valence-electron chi connectivity index (χ3n) is 2.54. The Morgan fingerprint density at radius 3 is 2.62 bits per heavy atom. The molecule has 1 heterocycles. The van der Waals surface area contributed by atoms with Crippen LogP contribution in [0.25, 0.3) is 0 Å². The topological polar surface area (TPSA) is 32.3 Å². The Morgan fingerprint density at radius 2 is 2.15 bits per heavy atom. The van der Waals surface area contributed by atoms with Gasteiger partial charge >= 0.3 is 0 Å². The molecule has 13 heavy (non-hydrogen) atoms. The molecular formula is C10H12ClNO. The maximum Gasteiger partial charge on any atom is 0.114 e. The predicted molar refractivity (Wildman–Crippen MR) is 53.0 cm³/mol. The van der Waals surface area contributed by atoms with Gasteiger partial charge in [0.25, 0.3) is 0 Å². The molecule has 0 aliphatic carbocycles. The fourth-order valence-corrected chi connectivity index (χ4v) is 1.63. The third kappa shape index (κ3) is 1.46. The Kier molecular flexibility index (Phi) is 2.06. The highest BCUT2D eigenvalue weighted by molar-refractivity contribution is 6.31. The SMILES string of the molecule is Cc1ccc(C2(O)CNC2)cc1Cl. The van der Waals surface area contributed by atoms with Gasteiger partial charge in [0.1, 0.15) is 5.60 Å². The van der Waals surface area contributed by atoms with Crippen LogP contribution in [0.15, 0.2) is 18.2 Å². The number of aryl methyl sites for hydroxylation is 1. The molecule has 0 unspecified atom stereocenters.